The van der Waals surface area contributed by atoms with E-state index in [0.29, 0.717) is 62.1 Å². The minimum absolute atomic E-state index is 0.167. The minimum Gasteiger partial charge on any atom is -0.493 e. The number of carbonyl (C=O) groups excluding carboxylic acids is 1. The van der Waals surface area contributed by atoms with E-state index < -0.39 is 5.67 Å². The van der Waals surface area contributed by atoms with Crippen LogP contribution in [0.2, 0.25) is 0 Å². The number of fused-ring (bicyclic) bond motifs is 9. The molecule has 2 aromatic carbocycles. The molecule has 6 bridgehead atoms. The molecule has 1 saturated carbocycles. The third kappa shape index (κ3) is 6.17. The zero-order chi connectivity index (χ0) is 25.8. The molecule has 8 nitrogen and oxygen atoms in total. The number of anilines is 3. The summed E-state index contributed by atoms with van der Waals surface area (Å²) in [5.74, 6) is 1.18. The van der Waals surface area contributed by atoms with Crippen LogP contribution in [-0.2, 0) is 11.3 Å². The van der Waals surface area contributed by atoms with Crippen molar-refractivity contribution in [1.82, 2.24) is 15.3 Å². The second-order valence-electron chi connectivity index (χ2n) is 10.0. The van der Waals surface area contributed by atoms with E-state index in [9.17, 15) is 9.18 Å². The SMILES string of the molecule is CC1(F)CC(COc2ccc3cc2COCCCCNC(=O)c2ccc(c(N)c2)-c2ccnc(n2)N3)C1. The Labute approximate surface area is 215 Å². The van der Waals surface area contributed by atoms with Gasteiger partial charge >= 0.3 is 0 Å². The molecule has 3 aliphatic rings. The van der Waals surface area contributed by atoms with Gasteiger partial charge < -0.3 is 25.8 Å². The van der Waals surface area contributed by atoms with Crippen LogP contribution in [0.15, 0.2) is 48.7 Å². The number of benzene rings is 2. The van der Waals surface area contributed by atoms with E-state index in [0.717, 1.165) is 35.4 Å². The first-order chi connectivity index (χ1) is 17.9. The first-order valence-corrected chi connectivity index (χ1v) is 12.7. The Morgan fingerprint density at radius 1 is 1.19 bits per heavy atom. The van der Waals surface area contributed by atoms with E-state index in [2.05, 4.69) is 20.6 Å². The summed E-state index contributed by atoms with van der Waals surface area (Å²) >= 11 is 0. The lowest BCUT2D eigenvalue weighted by atomic mass is 9.74. The molecular weight excluding hydrogens is 473 g/mol. The van der Waals surface area contributed by atoms with Crippen molar-refractivity contribution in [2.24, 2.45) is 5.92 Å². The molecule has 1 amide bonds. The number of hydrogen-bond donors (Lipinski definition) is 3. The fraction of sp³-hybridized carbons (Fsp3) is 0.393. The van der Waals surface area contributed by atoms with Crippen LogP contribution in [0.4, 0.5) is 21.7 Å². The highest BCUT2D eigenvalue weighted by atomic mass is 19.1. The van der Waals surface area contributed by atoms with Gasteiger partial charge in [-0.3, -0.25) is 4.79 Å². The molecule has 0 saturated heterocycles. The Hall–Kier alpha value is -3.72. The average Bonchev–Trinajstić information content (AvgIpc) is 2.86. The number of nitrogen functional groups attached to an aromatic ring is 1. The zero-order valence-corrected chi connectivity index (χ0v) is 20.9. The summed E-state index contributed by atoms with van der Waals surface area (Å²) in [5.41, 5.74) is 9.21. The van der Waals surface area contributed by atoms with Gasteiger partial charge in [-0.05, 0) is 81.0 Å². The topological polar surface area (TPSA) is 111 Å². The molecule has 2 aliphatic heterocycles. The van der Waals surface area contributed by atoms with Crippen LogP contribution < -0.4 is 21.1 Å². The lowest BCUT2D eigenvalue weighted by Crippen LogP contribution is -2.39. The summed E-state index contributed by atoms with van der Waals surface area (Å²) in [6.07, 6.45) is 4.29. The van der Waals surface area contributed by atoms with Crippen molar-refractivity contribution in [1.29, 1.82) is 0 Å². The predicted molar refractivity (Wildman–Crippen MR) is 141 cm³/mol. The zero-order valence-electron chi connectivity index (χ0n) is 20.9. The molecule has 1 fully saturated rings. The number of amides is 1. The van der Waals surface area contributed by atoms with Gasteiger partial charge in [0, 0.05) is 47.4 Å². The fourth-order valence-electron chi connectivity index (χ4n) is 4.83. The molecule has 1 aromatic heterocycles. The van der Waals surface area contributed by atoms with E-state index in [1.165, 1.54) is 0 Å². The van der Waals surface area contributed by atoms with Crippen molar-refractivity contribution in [3.8, 4) is 17.0 Å². The Balaban J connectivity index is 1.39. The van der Waals surface area contributed by atoms with Crippen LogP contribution in [0.3, 0.4) is 0 Å². The van der Waals surface area contributed by atoms with Crippen molar-refractivity contribution >= 4 is 23.2 Å². The van der Waals surface area contributed by atoms with Crippen molar-refractivity contribution in [3.05, 3.63) is 59.8 Å². The maximum absolute atomic E-state index is 13.9. The van der Waals surface area contributed by atoms with Gasteiger partial charge in [0.25, 0.3) is 5.91 Å². The number of nitrogens with two attached hydrogens (primary N) is 1. The molecule has 3 aromatic rings. The van der Waals surface area contributed by atoms with Gasteiger partial charge in [-0.1, -0.05) is 0 Å². The van der Waals surface area contributed by atoms with Gasteiger partial charge in [-0.25, -0.2) is 14.4 Å². The quantitative estimate of drug-likeness (QED) is 0.428. The standard InChI is InChI=1S/C28H32FN5O3/c1-28(29)14-18(15-28)16-37-25-7-5-21-12-20(25)17-36-11-3-2-9-31-26(35)19-4-6-22(23(30)13-19)24-8-10-32-27(33-21)34-24/h4-8,10,12-13,18H,2-3,9,11,14-17,30H2,1H3,(H,31,35)(H,32,33,34). The summed E-state index contributed by atoms with van der Waals surface area (Å²) in [6, 6.07) is 12.7. The van der Waals surface area contributed by atoms with Crippen LogP contribution in [0.5, 0.6) is 5.75 Å². The molecule has 37 heavy (non-hydrogen) atoms. The maximum Gasteiger partial charge on any atom is 0.251 e. The van der Waals surface area contributed by atoms with E-state index in [4.69, 9.17) is 15.2 Å². The predicted octanol–water partition coefficient (Wildman–Crippen LogP) is 5.03. The van der Waals surface area contributed by atoms with Crippen molar-refractivity contribution in [2.45, 2.75) is 44.9 Å². The van der Waals surface area contributed by atoms with Gasteiger partial charge in [0.05, 0.1) is 18.9 Å². The fourth-order valence-corrected chi connectivity index (χ4v) is 4.83. The van der Waals surface area contributed by atoms with Gasteiger partial charge in [0.2, 0.25) is 5.95 Å². The second-order valence-corrected chi connectivity index (χ2v) is 10.0. The van der Waals surface area contributed by atoms with Crippen LogP contribution in [0.1, 0.15) is 48.5 Å². The summed E-state index contributed by atoms with van der Waals surface area (Å²) in [4.78, 5) is 21.5. The smallest absolute Gasteiger partial charge is 0.251 e. The van der Waals surface area contributed by atoms with Gasteiger partial charge in [-0.15, -0.1) is 0 Å². The molecule has 194 valence electrons. The first-order valence-electron chi connectivity index (χ1n) is 12.7. The lowest BCUT2D eigenvalue weighted by Gasteiger charge is -2.38. The lowest BCUT2D eigenvalue weighted by molar-refractivity contribution is 0.00186. The molecule has 9 heteroatoms. The Morgan fingerprint density at radius 3 is 2.86 bits per heavy atom. The van der Waals surface area contributed by atoms with Gasteiger partial charge in [0.15, 0.2) is 0 Å². The number of nitrogens with one attached hydrogen (secondary N) is 2. The van der Waals surface area contributed by atoms with Gasteiger partial charge in [-0.2, -0.15) is 0 Å². The normalized spacial score (nSPS) is 22.0. The van der Waals surface area contributed by atoms with Crippen molar-refractivity contribution in [2.75, 3.05) is 30.8 Å². The Morgan fingerprint density at radius 2 is 2.05 bits per heavy atom. The summed E-state index contributed by atoms with van der Waals surface area (Å²) < 4.78 is 25.9. The Kier molecular flexibility index (Phi) is 7.23. The maximum atomic E-state index is 13.9. The number of ether oxygens (including phenoxy) is 2. The highest BCUT2D eigenvalue weighted by Gasteiger charge is 2.40. The highest BCUT2D eigenvalue weighted by molar-refractivity contribution is 5.96. The number of hydrogen-bond acceptors (Lipinski definition) is 7. The van der Waals surface area contributed by atoms with E-state index in [1.807, 2.05) is 18.2 Å². The summed E-state index contributed by atoms with van der Waals surface area (Å²) in [7, 11) is 0. The number of alkyl halides is 1. The number of carbonyl (C=O) groups is 1. The molecule has 1 aliphatic carbocycles. The first kappa shape index (κ1) is 25.0. The molecule has 0 spiro atoms. The molecule has 3 heterocycles. The van der Waals surface area contributed by atoms with Crippen molar-refractivity contribution < 1.29 is 18.7 Å². The third-order valence-corrected chi connectivity index (χ3v) is 6.72. The number of aromatic nitrogens is 2. The van der Waals surface area contributed by atoms with E-state index in [1.54, 1.807) is 37.4 Å². The summed E-state index contributed by atoms with van der Waals surface area (Å²) in [5, 5.41) is 6.18. The Bertz CT molecular complexity index is 1270. The van der Waals surface area contributed by atoms with E-state index in [-0.39, 0.29) is 11.8 Å². The van der Waals surface area contributed by atoms with E-state index >= 15 is 0 Å². The third-order valence-electron chi connectivity index (χ3n) is 6.72. The molecule has 0 radical (unpaired) electrons. The second kappa shape index (κ2) is 10.7. The monoisotopic (exact) mass is 505 g/mol. The molecule has 6 rings (SSSR count). The van der Waals surface area contributed by atoms with Crippen LogP contribution >= 0.6 is 0 Å². The minimum atomic E-state index is -1.08. The van der Waals surface area contributed by atoms with Crippen LogP contribution in [0.25, 0.3) is 11.3 Å². The summed E-state index contributed by atoms with van der Waals surface area (Å²) in [6.45, 7) is 3.57. The average molecular weight is 506 g/mol. The molecular formula is C28H32FN5O3. The molecule has 0 atom stereocenters. The number of rotatable bonds is 3. The number of halogens is 1. The van der Waals surface area contributed by atoms with Crippen LogP contribution in [-0.4, -0.2) is 41.3 Å². The molecule has 0 unspecified atom stereocenters. The number of nitrogens with zero attached hydrogens (tertiary/aromatic N) is 2. The van der Waals surface area contributed by atoms with Crippen molar-refractivity contribution in [3.63, 3.8) is 0 Å². The van der Waals surface area contributed by atoms with Gasteiger partial charge in [0.1, 0.15) is 11.4 Å². The highest BCUT2D eigenvalue weighted by Crippen LogP contribution is 2.41. The molecule has 4 N–H and O–H groups in total. The van der Waals surface area contributed by atoms with Crippen LogP contribution in [0, 0.1) is 5.92 Å². The largest absolute Gasteiger partial charge is 0.493 e.